The molecule has 0 spiro atoms. The van der Waals surface area contributed by atoms with Gasteiger partial charge >= 0.3 is 0 Å². The Balaban J connectivity index is 1.46. The second-order valence-corrected chi connectivity index (χ2v) is 7.89. The molecule has 152 valence electrons. The van der Waals surface area contributed by atoms with Crippen molar-refractivity contribution in [2.45, 2.75) is 20.0 Å². The van der Waals surface area contributed by atoms with Gasteiger partial charge in [0, 0.05) is 16.6 Å². The van der Waals surface area contributed by atoms with Gasteiger partial charge in [0.25, 0.3) is 11.5 Å². The van der Waals surface area contributed by atoms with Crippen molar-refractivity contribution >= 4 is 32.9 Å². The highest BCUT2D eigenvalue weighted by atomic mass is 79.9. The first-order valence-electron chi connectivity index (χ1n) is 9.52. The van der Waals surface area contributed by atoms with E-state index in [0.717, 1.165) is 15.6 Å². The number of aromatic nitrogens is 4. The molecular formula is C22H20BrN5O2. The van der Waals surface area contributed by atoms with Gasteiger partial charge in [0.1, 0.15) is 11.7 Å². The van der Waals surface area contributed by atoms with Gasteiger partial charge in [0.05, 0.1) is 19.3 Å². The van der Waals surface area contributed by atoms with Gasteiger partial charge in [-0.3, -0.25) is 14.2 Å². The van der Waals surface area contributed by atoms with Crippen LogP contribution in [-0.4, -0.2) is 31.8 Å². The van der Waals surface area contributed by atoms with E-state index in [9.17, 15) is 9.59 Å². The SMILES string of the molecule is Cc1ccccc1Cn1cnc2c(cnn2CCNC(=O)c2ccc(Br)cc2)c1=O. The second kappa shape index (κ2) is 8.62. The smallest absolute Gasteiger partial charge is 0.264 e. The van der Waals surface area contributed by atoms with Gasteiger partial charge in [0.2, 0.25) is 0 Å². The molecule has 2 aromatic carbocycles. The minimum absolute atomic E-state index is 0.131. The summed E-state index contributed by atoms with van der Waals surface area (Å²) in [7, 11) is 0. The molecule has 1 N–H and O–H groups in total. The number of benzene rings is 2. The first-order chi connectivity index (χ1) is 14.5. The van der Waals surface area contributed by atoms with E-state index in [2.05, 4.69) is 31.3 Å². The highest BCUT2D eigenvalue weighted by molar-refractivity contribution is 9.10. The largest absolute Gasteiger partial charge is 0.350 e. The number of nitrogens with one attached hydrogen (secondary N) is 1. The molecule has 0 saturated heterocycles. The van der Waals surface area contributed by atoms with E-state index >= 15 is 0 Å². The van der Waals surface area contributed by atoms with Crippen molar-refractivity contribution in [3.8, 4) is 0 Å². The summed E-state index contributed by atoms with van der Waals surface area (Å²) in [4.78, 5) is 29.5. The van der Waals surface area contributed by atoms with Gasteiger partial charge in [-0.15, -0.1) is 0 Å². The molecule has 0 fully saturated rings. The Hall–Kier alpha value is -3.26. The highest BCUT2D eigenvalue weighted by Gasteiger charge is 2.11. The lowest BCUT2D eigenvalue weighted by Crippen LogP contribution is -2.27. The van der Waals surface area contributed by atoms with Gasteiger partial charge in [-0.25, -0.2) is 9.67 Å². The molecule has 0 radical (unpaired) electrons. The Morgan fingerprint density at radius 1 is 1.13 bits per heavy atom. The maximum absolute atomic E-state index is 12.8. The first-order valence-corrected chi connectivity index (χ1v) is 10.3. The van der Waals surface area contributed by atoms with E-state index < -0.39 is 0 Å². The molecule has 0 bridgehead atoms. The molecule has 0 atom stereocenters. The molecule has 8 heteroatoms. The third kappa shape index (κ3) is 4.18. The molecule has 0 aliphatic rings. The summed E-state index contributed by atoms with van der Waals surface area (Å²) in [6.07, 6.45) is 3.09. The van der Waals surface area contributed by atoms with E-state index in [0.29, 0.717) is 36.2 Å². The van der Waals surface area contributed by atoms with E-state index in [4.69, 9.17) is 0 Å². The maximum Gasteiger partial charge on any atom is 0.264 e. The van der Waals surface area contributed by atoms with Crippen LogP contribution in [0.1, 0.15) is 21.5 Å². The number of amides is 1. The summed E-state index contributed by atoms with van der Waals surface area (Å²) in [6, 6.07) is 15.1. The number of carbonyl (C=O) groups is 1. The third-order valence-corrected chi connectivity index (χ3v) is 5.47. The number of rotatable bonds is 6. The van der Waals surface area contributed by atoms with Crippen molar-refractivity contribution in [2.24, 2.45) is 0 Å². The van der Waals surface area contributed by atoms with Crippen LogP contribution in [0.3, 0.4) is 0 Å². The Kier molecular flexibility index (Phi) is 5.76. The molecule has 2 aromatic heterocycles. The van der Waals surface area contributed by atoms with Crippen molar-refractivity contribution in [1.29, 1.82) is 0 Å². The Morgan fingerprint density at radius 2 is 1.90 bits per heavy atom. The third-order valence-electron chi connectivity index (χ3n) is 4.94. The van der Waals surface area contributed by atoms with Gasteiger partial charge in [-0.1, -0.05) is 40.2 Å². The zero-order chi connectivity index (χ0) is 21.1. The fourth-order valence-electron chi connectivity index (χ4n) is 3.22. The normalized spacial score (nSPS) is 11.0. The predicted molar refractivity (Wildman–Crippen MR) is 119 cm³/mol. The standard InChI is InChI=1S/C22H20BrN5O2/c1-15-4-2-3-5-17(15)13-27-14-25-20-19(22(27)30)12-26-28(20)11-10-24-21(29)16-6-8-18(23)9-7-16/h2-9,12,14H,10-11,13H2,1H3,(H,24,29). The average molecular weight is 466 g/mol. The molecular weight excluding hydrogens is 446 g/mol. The van der Waals surface area contributed by atoms with Crippen LogP contribution in [0.25, 0.3) is 11.0 Å². The van der Waals surface area contributed by atoms with Gasteiger partial charge in [-0.2, -0.15) is 5.10 Å². The minimum Gasteiger partial charge on any atom is -0.350 e. The molecule has 4 aromatic rings. The van der Waals surface area contributed by atoms with Crippen molar-refractivity contribution < 1.29 is 4.79 Å². The number of halogens is 1. The Morgan fingerprint density at radius 3 is 2.67 bits per heavy atom. The van der Waals surface area contributed by atoms with Crippen LogP contribution in [0.2, 0.25) is 0 Å². The molecule has 4 rings (SSSR count). The Labute approximate surface area is 181 Å². The van der Waals surface area contributed by atoms with Crippen LogP contribution in [-0.2, 0) is 13.1 Å². The summed E-state index contributed by atoms with van der Waals surface area (Å²) >= 11 is 3.35. The van der Waals surface area contributed by atoms with E-state index in [1.165, 1.54) is 6.20 Å². The van der Waals surface area contributed by atoms with Crippen molar-refractivity contribution in [3.63, 3.8) is 0 Å². The summed E-state index contributed by atoms with van der Waals surface area (Å²) in [5.41, 5.74) is 3.17. The van der Waals surface area contributed by atoms with Crippen LogP contribution in [0.4, 0.5) is 0 Å². The molecule has 0 saturated carbocycles. The molecule has 1 amide bonds. The summed E-state index contributed by atoms with van der Waals surface area (Å²) in [5, 5.41) is 7.61. The van der Waals surface area contributed by atoms with Crippen molar-refractivity contribution in [2.75, 3.05) is 6.54 Å². The van der Waals surface area contributed by atoms with Crippen molar-refractivity contribution in [1.82, 2.24) is 24.6 Å². The zero-order valence-corrected chi connectivity index (χ0v) is 18.0. The van der Waals surface area contributed by atoms with Crippen LogP contribution >= 0.6 is 15.9 Å². The van der Waals surface area contributed by atoms with Crippen LogP contribution in [0, 0.1) is 6.92 Å². The lowest BCUT2D eigenvalue weighted by atomic mass is 10.1. The lowest BCUT2D eigenvalue weighted by Gasteiger charge is -2.09. The topological polar surface area (TPSA) is 81.8 Å². The summed E-state index contributed by atoms with van der Waals surface area (Å²) in [5.74, 6) is -0.160. The molecule has 0 unspecified atom stereocenters. The van der Waals surface area contributed by atoms with Gasteiger partial charge < -0.3 is 5.32 Å². The van der Waals surface area contributed by atoms with E-state index in [1.807, 2.05) is 43.3 Å². The number of hydrogen-bond donors (Lipinski definition) is 1. The minimum atomic E-state index is -0.160. The summed E-state index contributed by atoms with van der Waals surface area (Å²) in [6.45, 7) is 3.27. The average Bonchev–Trinajstić information content (AvgIpc) is 3.16. The monoisotopic (exact) mass is 465 g/mol. The van der Waals surface area contributed by atoms with Crippen LogP contribution in [0.5, 0.6) is 0 Å². The lowest BCUT2D eigenvalue weighted by molar-refractivity contribution is 0.0952. The number of fused-ring (bicyclic) bond motifs is 1. The second-order valence-electron chi connectivity index (χ2n) is 6.97. The molecule has 2 heterocycles. The number of aryl methyl sites for hydroxylation is 1. The number of carbonyl (C=O) groups excluding carboxylic acids is 1. The first kappa shape index (κ1) is 20.0. The molecule has 30 heavy (non-hydrogen) atoms. The zero-order valence-electron chi connectivity index (χ0n) is 16.4. The van der Waals surface area contributed by atoms with Gasteiger partial charge in [0.15, 0.2) is 5.65 Å². The Bertz CT molecular complexity index is 1260. The maximum atomic E-state index is 12.8. The molecule has 0 aliphatic carbocycles. The fraction of sp³-hybridized carbons (Fsp3) is 0.182. The fourth-order valence-corrected chi connectivity index (χ4v) is 3.49. The number of nitrogens with zero attached hydrogens (tertiary/aromatic N) is 4. The van der Waals surface area contributed by atoms with Crippen LogP contribution in [0.15, 0.2) is 70.3 Å². The highest BCUT2D eigenvalue weighted by Crippen LogP contribution is 2.11. The quantitative estimate of drug-likeness (QED) is 0.474. The van der Waals surface area contributed by atoms with Crippen LogP contribution < -0.4 is 10.9 Å². The van der Waals surface area contributed by atoms with Gasteiger partial charge in [-0.05, 0) is 42.3 Å². The van der Waals surface area contributed by atoms with E-state index in [1.54, 1.807) is 27.7 Å². The molecule has 0 aliphatic heterocycles. The number of hydrogen-bond acceptors (Lipinski definition) is 4. The van der Waals surface area contributed by atoms with E-state index in [-0.39, 0.29) is 11.5 Å². The predicted octanol–water partition coefficient (Wildman–Crippen LogP) is 3.14. The van der Waals surface area contributed by atoms with Crippen molar-refractivity contribution in [3.05, 3.63) is 92.6 Å². The molecule has 7 nitrogen and oxygen atoms in total. The summed E-state index contributed by atoms with van der Waals surface area (Å²) < 4.78 is 4.14.